The first-order chi connectivity index (χ1) is 5.83. The number of thiophene rings is 1. The van der Waals surface area contributed by atoms with E-state index < -0.39 is 0 Å². The van der Waals surface area contributed by atoms with Gasteiger partial charge in [0.15, 0.2) is 5.75 Å². The minimum absolute atomic E-state index is 0.00870. The molecule has 0 radical (unpaired) electrons. The van der Waals surface area contributed by atoms with E-state index in [2.05, 4.69) is 5.18 Å². The maximum absolute atomic E-state index is 10.2. The molecule has 1 heterocycles. The second-order valence-corrected chi connectivity index (χ2v) is 3.37. The molecular weight excluding hydrogens is 174 g/mol. The summed E-state index contributed by atoms with van der Waals surface area (Å²) in [5, 5.41) is 13.0. The Morgan fingerprint density at radius 1 is 1.33 bits per heavy atom. The van der Waals surface area contributed by atoms with Gasteiger partial charge in [-0.25, -0.2) is 0 Å². The van der Waals surface area contributed by atoms with Crippen LogP contribution in [0.2, 0.25) is 0 Å². The van der Waals surface area contributed by atoms with Crippen LogP contribution in [0.3, 0.4) is 0 Å². The van der Waals surface area contributed by atoms with Gasteiger partial charge in [-0.3, -0.25) is 0 Å². The van der Waals surface area contributed by atoms with Crippen LogP contribution in [0.15, 0.2) is 29.4 Å². The van der Waals surface area contributed by atoms with E-state index in [0.717, 1.165) is 4.70 Å². The summed E-state index contributed by atoms with van der Waals surface area (Å²) >= 11 is 1.19. The summed E-state index contributed by atoms with van der Waals surface area (Å²) in [7, 11) is 0. The van der Waals surface area contributed by atoms with Crippen LogP contribution in [-0.4, -0.2) is 5.11 Å². The Kier molecular flexibility index (Phi) is 1.55. The maximum Gasteiger partial charge on any atom is 0.203 e. The van der Waals surface area contributed by atoms with E-state index in [4.69, 9.17) is 0 Å². The SMILES string of the molecule is O=Nc1sc2ccccc2c1O. The predicted octanol–water partition coefficient (Wildman–Crippen LogP) is 3.00. The third-order valence-corrected chi connectivity index (χ3v) is 2.67. The van der Waals surface area contributed by atoms with Crippen molar-refractivity contribution in [2.24, 2.45) is 5.18 Å². The van der Waals surface area contributed by atoms with E-state index in [-0.39, 0.29) is 10.8 Å². The first kappa shape index (κ1) is 7.24. The van der Waals surface area contributed by atoms with E-state index in [0.29, 0.717) is 5.39 Å². The van der Waals surface area contributed by atoms with Crippen molar-refractivity contribution in [2.45, 2.75) is 0 Å². The van der Waals surface area contributed by atoms with Gasteiger partial charge in [-0.15, -0.1) is 16.2 Å². The molecule has 3 nitrogen and oxygen atoms in total. The number of aromatic hydroxyl groups is 1. The quantitative estimate of drug-likeness (QED) is 0.684. The number of nitroso groups, excluding NO2 is 1. The van der Waals surface area contributed by atoms with Crippen LogP contribution in [0.5, 0.6) is 5.75 Å². The molecule has 0 atom stereocenters. The average Bonchev–Trinajstić information content (AvgIpc) is 2.44. The monoisotopic (exact) mass is 179 g/mol. The topological polar surface area (TPSA) is 49.7 Å². The fourth-order valence-electron chi connectivity index (χ4n) is 1.08. The van der Waals surface area contributed by atoms with Gasteiger partial charge in [-0.2, -0.15) is 0 Å². The minimum Gasteiger partial charge on any atom is -0.504 e. The summed E-state index contributed by atoms with van der Waals surface area (Å²) < 4.78 is 0.879. The van der Waals surface area contributed by atoms with Crippen molar-refractivity contribution in [1.29, 1.82) is 0 Å². The molecule has 12 heavy (non-hydrogen) atoms. The Morgan fingerprint density at radius 2 is 2.08 bits per heavy atom. The molecule has 1 aromatic carbocycles. The van der Waals surface area contributed by atoms with Crippen LogP contribution in [0.1, 0.15) is 0 Å². The molecule has 2 aromatic rings. The molecule has 2 rings (SSSR count). The van der Waals surface area contributed by atoms with Crippen molar-refractivity contribution in [3.05, 3.63) is 29.2 Å². The van der Waals surface area contributed by atoms with Crippen molar-refractivity contribution in [2.75, 3.05) is 0 Å². The minimum atomic E-state index is -0.00870. The Balaban J connectivity index is 2.87. The summed E-state index contributed by atoms with van der Waals surface area (Å²) in [5.74, 6) is -0.00870. The molecule has 0 amide bonds. The number of benzene rings is 1. The zero-order valence-electron chi connectivity index (χ0n) is 6.02. The summed E-state index contributed by atoms with van der Waals surface area (Å²) in [6.45, 7) is 0. The highest BCUT2D eigenvalue weighted by molar-refractivity contribution is 7.23. The number of nitrogens with zero attached hydrogens (tertiary/aromatic N) is 1. The molecular formula is C8H5NO2S. The van der Waals surface area contributed by atoms with Gasteiger partial charge in [0.25, 0.3) is 0 Å². The third-order valence-electron chi connectivity index (χ3n) is 1.63. The van der Waals surface area contributed by atoms with Crippen LogP contribution in [-0.2, 0) is 0 Å². The van der Waals surface area contributed by atoms with Gasteiger partial charge in [0.2, 0.25) is 5.00 Å². The molecule has 0 aliphatic rings. The maximum atomic E-state index is 10.2. The van der Waals surface area contributed by atoms with E-state index in [9.17, 15) is 10.0 Å². The molecule has 0 aliphatic carbocycles. The van der Waals surface area contributed by atoms with Gasteiger partial charge < -0.3 is 5.11 Å². The summed E-state index contributed by atoms with van der Waals surface area (Å²) in [6.07, 6.45) is 0. The van der Waals surface area contributed by atoms with Crippen molar-refractivity contribution < 1.29 is 5.11 Å². The Hall–Kier alpha value is -1.42. The molecule has 0 saturated heterocycles. The molecule has 1 N–H and O–H groups in total. The average molecular weight is 179 g/mol. The van der Waals surface area contributed by atoms with Crippen LogP contribution < -0.4 is 0 Å². The molecule has 0 unspecified atom stereocenters. The largest absolute Gasteiger partial charge is 0.504 e. The van der Waals surface area contributed by atoms with Crippen LogP contribution in [0.25, 0.3) is 10.1 Å². The first-order valence-corrected chi connectivity index (χ1v) is 4.18. The smallest absolute Gasteiger partial charge is 0.203 e. The van der Waals surface area contributed by atoms with E-state index in [1.807, 2.05) is 18.2 Å². The van der Waals surface area contributed by atoms with Crippen LogP contribution >= 0.6 is 11.3 Å². The lowest BCUT2D eigenvalue weighted by atomic mass is 10.2. The summed E-state index contributed by atoms with van der Waals surface area (Å²) in [4.78, 5) is 10.2. The van der Waals surface area contributed by atoms with E-state index >= 15 is 0 Å². The van der Waals surface area contributed by atoms with E-state index in [1.54, 1.807) is 6.07 Å². The van der Waals surface area contributed by atoms with Crippen molar-refractivity contribution >= 4 is 26.4 Å². The zero-order chi connectivity index (χ0) is 8.55. The van der Waals surface area contributed by atoms with Crippen molar-refractivity contribution in [3.8, 4) is 5.75 Å². The highest BCUT2D eigenvalue weighted by Crippen LogP contribution is 2.42. The number of hydrogen-bond acceptors (Lipinski definition) is 4. The molecule has 0 saturated carbocycles. The molecule has 1 aromatic heterocycles. The van der Waals surface area contributed by atoms with Gasteiger partial charge in [0.05, 0.1) is 0 Å². The van der Waals surface area contributed by atoms with Gasteiger partial charge in [-0.1, -0.05) is 12.1 Å². The lowest BCUT2D eigenvalue weighted by Crippen LogP contribution is -1.60. The Bertz CT molecular complexity index is 436. The number of hydrogen-bond donors (Lipinski definition) is 1. The third kappa shape index (κ3) is 0.887. The first-order valence-electron chi connectivity index (χ1n) is 3.37. The Morgan fingerprint density at radius 3 is 2.75 bits per heavy atom. The van der Waals surface area contributed by atoms with Crippen molar-refractivity contribution in [1.82, 2.24) is 0 Å². The fourth-order valence-corrected chi connectivity index (χ4v) is 1.95. The summed E-state index contributed by atoms with van der Waals surface area (Å²) in [6, 6.07) is 7.26. The normalized spacial score (nSPS) is 10.3. The Labute approximate surface area is 72.2 Å². The van der Waals surface area contributed by atoms with Gasteiger partial charge in [0.1, 0.15) is 0 Å². The zero-order valence-corrected chi connectivity index (χ0v) is 6.84. The summed E-state index contributed by atoms with van der Waals surface area (Å²) in [5.41, 5.74) is 0. The molecule has 0 fully saturated rings. The van der Waals surface area contributed by atoms with Crippen LogP contribution in [0.4, 0.5) is 5.00 Å². The lowest BCUT2D eigenvalue weighted by Gasteiger charge is -1.86. The molecule has 0 aliphatic heterocycles. The highest BCUT2D eigenvalue weighted by Gasteiger charge is 2.09. The number of fused-ring (bicyclic) bond motifs is 1. The molecule has 0 bridgehead atoms. The van der Waals surface area contributed by atoms with Gasteiger partial charge in [0, 0.05) is 10.1 Å². The number of rotatable bonds is 1. The highest BCUT2D eigenvalue weighted by atomic mass is 32.1. The standard InChI is InChI=1S/C8H5NO2S/c10-7-5-3-1-2-4-6(5)12-8(7)9-11/h1-4,10H. The molecule has 4 heteroatoms. The lowest BCUT2D eigenvalue weighted by molar-refractivity contribution is 0.485. The van der Waals surface area contributed by atoms with Crippen LogP contribution in [0, 0.1) is 4.91 Å². The molecule has 60 valence electrons. The van der Waals surface area contributed by atoms with Gasteiger partial charge >= 0.3 is 0 Å². The van der Waals surface area contributed by atoms with Crippen molar-refractivity contribution in [3.63, 3.8) is 0 Å². The van der Waals surface area contributed by atoms with Gasteiger partial charge in [-0.05, 0) is 17.3 Å². The second kappa shape index (κ2) is 2.57. The van der Waals surface area contributed by atoms with E-state index in [1.165, 1.54) is 11.3 Å². The predicted molar refractivity (Wildman–Crippen MR) is 48.9 cm³/mol. The molecule has 0 spiro atoms. The fraction of sp³-hybridized carbons (Fsp3) is 0. The second-order valence-electron chi connectivity index (χ2n) is 2.34.